The highest BCUT2D eigenvalue weighted by Gasteiger charge is 2.25. The number of aliphatic imine (C=N–C) groups is 1. The van der Waals surface area contributed by atoms with E-state index in [1.807, 2.05) is 11.8 Å². The quantitative estimate of drug-likeness (QED) is 0.814. The molecule has 1 N–H and O–H groups in total. The molecule has 2 saturated heterocycles. The van der Waals surface area contributed by atoms with E-state index < -0.39 is 0 Å². The Balaban J connectivity index is 1.89. The Kier molecular flexibility index (Phi) is 4.56. The first kappa shape index (κ1) is 14.2. The van der Waals surface area contributed by atoms with Crippen LogP contribution in [0.2, 0.25) is 0 Å². The fourth-order valence-corrected chi connectivity index (χ4v) is 3.68. The molecule has 4 nitrogen and oxygen atoms in total. The van der Waals surface area contributed by atoms with Crippen LogP contribution < -0.4 is 5.32 Å². The molecule has 0 radical (unpaired) electrons. The minimum atomic E-state index is 0.208. The maximum Gasteiger partial charge on any atom is 0.157 e. The molecule has 104 valence electrons. The molecular weight excluding hydrogens is 244 g/mol. The third kappa shape index (κ3) is 3.87. The van der Waals surface area contributed by atoms with Gasteiger partial charge in [-0.05, 0) is 34.4 Å². The number of nitrogens with zero attached hydrogens (tertiary/aromatic N) is 3. The maximum absolute atomic E-state index is 4.79. The van der Waals surface area contributed by atoms with Crippen LogP contribution in [-0.2, 0) is 0 Å². The van der Waals surface area contributed by atoms with Gasteiger partial charge in [0.25, 0.3) is 0 Å². The summed E-state index contributed by atoms with van der Waals surface area (Å²) in [5.74, 6) is 1.18. The van der Waals surface area contributed by atoms with E-state index in [2.05, 4.69) is 43.1 Å². The second-order valence-corrected chi connectivity index (χ2v) is 7.23. The van der Waals surface area contributed by atoms with Gasteiger partial charge in [-0.1, -0.05) is 11.8 Å². The number of likely N-dealkylation sites (N-methyl/N-ethyl adjacent to an activating group) is 2. The van der Waals surface area contributed by atoms with Crippen molar-refractivity contribution >= 4 is 16.9 Å². The van der Waals surface area contributed by atoms with Crippen molar-refractivity contribution in [3.63, 3.8) is 0 Å². The molecule has 0 amide bonds. The lowest BCUT2D eigenvalue weighted by Crippen LogP contribution is -2.52. The monoisotopic (exact) mass is 270 g/mol. The Bertz CT molecular complexity index is 316. The van der Waals surface area contributed by atoms with E-state index in [1.54, 1.807) is 0 Å². The van der Waals surface area contributed by atoms with E-state index in [-0.39, 0.29) is 5.54 Å². The minimum absolute atomic E-state index is 0.208. The summed E-state index contributed by atoms with van der Waals surface area (Å²) in [5.41, 5.74) is 0.208. The summed E-state index contributed by atoms with van der Waals surface area (Å²) in [4.78, 5) is 9.62. The molecule has 0 aromatic heterocycles. The lowest BCUT2D eigenvalue weighted by molar-refractivity contribution is 0.119. The van der Waals surface area contributed by atoms with Crippen LogP contribution >= 0.6 is 11.8 Å². The van der Waals surface area contributed by atoms with Crippen molar-refractivity contribution in [1.82, 2.24) is 15.1 Å². The summed E-state index contributed by atoms with van der Waals surface area (Å²) >= 11 is 1.86. The molecule has 2 heterocycles. The van der Waals surface area contributed by atoms with E-state index in [0.29, 0.717) is 6.04 Å². The van der Waals surface area contributed by atoms with Crippen molar-refractivity contribution < 1.29 is 0 Å². The molecule has 0 spiro atoms. The molecule has 2 fully saturated rings. The fraction of sp³-hybridized carbons (Fsp3) is 0.923. The molecule has 0 bridgehead atoms. The smallest absolute Gasteiger partial charge is 0.157 e. The van der Waals surface area contributed by atoms with Gasteiger partial charge in [0, 0.05) is 37.0 Å². The lowest BCUT2D eigenvalue weighted by Gasteiger charge is -2.37. The van der Waals surface area contributed by atoms with Gasteiger partial charge in [0.1, 0.15) is 0 Å². The molecule has 0 aromatic carbocycles. The van der Waals surface area contributed by atoms with E-state index >= 15 is 0 Å². The predicted octanol–water partition coefficient (Wildman–Crippen LogP) is 1.09. The van der Waals surface area contributed by atoms with Crippen LogP contribution in [0.1, 0.15) is 20.3 Å². The van der Waals surface area contributed by atoms with Gasteiger partial charge in [0.15, 0.2) is 5.17 Å². The normalized spacial score (nSPS) is 32.4. The van der Waals surface area contributed by atoms with Gasteiger partial charge >= 0.3 is 0 Å². The zero-order valence-electron chi connectivity index (χ0n) is 12.1. The van der Waals surface area contributed by atoms with Crippen molar-refractivity contribution in [2.75, 3.05) is 46.0 Å². The molecule has 18 heavy (non-hydrogen) atoms. The van der Waals surface area contributed by atoms with Crippen molar-refractivity contribution in [2.24, 2.45) is 4.99 Å². The second-order valence-electron chi connectivity index (χ2n) is 6.15. The number of rotatable bonds is 2. The van der Waals surface area contributed by atoms with Crippen molar-refractivity contribution in [3.05, 3.63) is 0 Å². The predicted molar refractivity (Wildman–Crippen MR) is 80.5 cm³/mol. The lowest BCUT2D eigenvalue weighted by atomic mass is 10.0. The third-order valence-corrected chi connectivity index (χ3v) is 4.75. The van der Waals surface area contributed by atoms with Gasteiger partial charge < -0.3 is 10.2 Å². The molecule has 5 heteroatoms. The summed E-state index contributed by atoms with van der Waals surface area (Å²) in [5, 5.41) is 4.67. The van der Waals surface area contributed by atoms with Crippen LogP contribution in [-0.4, -0.2) is 72.6 Å². The van der Waals surface area contributed by atoms with Crippen molar-refractivity contribution in [1.29, 1.82) is 0 Å². The average Bonchev–Trinajstić information content (AvgIpc) is 2.29. The first-order valence-electron chi connectivity index (χ1n) is 6.80. The van der Waals surface area contributed by atoms with Crippen LogP contribution in [0.4, 0.5) is 0 Å². The second kappa shape index (κ2) is 5.80. The van der Waals surface area contributed by atoms with Crippen LogP contribution in [0.15, 0.2) is 4.99 Å². The van der Waals surface area contributed by atoms with E-state index in [0.717, 1.165) is 24.8 Å². The van der Waals surface area contributed by atoms with Gasteiger partial charge in [-0.15, -0.1) is 0 Å². The minimum Gasteiger partial charge on any atom is -0.360 e. The number of piperazine rings is 1. The highest BCUT2D eigenvalue weighted by Crippen LogP contribution is 2.21. The topological polar surface area (TPSA) is 30.9 Å². The van der Waals surface area contributed by atoms with Gasteiger partial charge in [0.05, 0.1) is 6.54 Å². The Hall–Kier alpha value is -0.260. The molecule has 0 aliphatic carbocycles. The molecule has 1 atom stereocenters. The molecular formula is C13H26N4S. The Morgan fingerprint density at radius 2 is 2.17 bits per heavy atom. The standard InChI is InChI=1S/C13H26N4S/c1-13(2)5-8-18-12(15-13)14-9-11-10-16(3)6-7-17(11)4/h11H,5-10H2,1-4H3,(H,14,15). The average molecular weight is 270 g/mol. The first-order chi connectivity index (χ1) is 8.46. The summed E-state index contributed by atoms with van der Waals surface area (Å²) in [7, 11) is 4.41. The molecule has 0 aromatic rings. The SMILES string of the molecule is CN1CCN(C)C(CN=C2NC(C)(C)CCS2)C1. The summed E-state index contributed by atoms with van der Waals surface area (Å²) < 4.78 is 0. The fourth-order valence-electron chi connectivity index (χ4n) is 2.36. The third-order valence-electron chi connectivity index (χ3n) is 3.84. The molecule has 2 rings (SSSR count). The maximum atomic E-state index is 4.79. The summed E-state index contributed by atoms with van der Waals surface area (Å²) in [6.07, 6.45) is 1.21. The Morgan fingerprint density at radius 3 is 2.89 bits per heavy atom. The van der Waals surface area contributed by atoms with E-state index in [4.69, 9.17) is 4.99 Å². The van der Waals surface area contributed by atoms with Gasteiger partial charge in [-0.2, -0.15) is 0 Å². The van der Waals surface area contributed by atoms with Gasteiger partial charge in [0.2, 0.25) is 0 Å². The Labute approximate surface area is 115 Å². The molecule has 2 aliphatic rings. The van der Waals surface area contributed by atoms with Crippen LogP contribution in [0, 0.1) is 0 Å². The molecule has 0 saturated carbocycles. The van der Waals surface area contributed by atoms with Crippen LogP contribution in [0.5, 0.6) is 0 Å². The number of amidine groups is 1. The van der Waals surface area contributed by atoms with Gasteiger partial charge in [-0.25, -0.2) is 0 Å². The number of thioether (sulfide) groups is 1. The Morgan fingerprint density at radius 1 is 1.39 bits per heavy atom. The number of hydrogen-bond acceptors (Lipinski definition) is 4. The zero-order valence-corrected chi connectivity index (χ0v) is 12.9. The first-order valence-corrected chi connectivity index (χ1v) is 7.79. The highest BCUT2D eigenvalue weighted by atomic mass is 32.2. The number of hydrogen-bond donors (Lipinski definition) is 1. The largest absolute Gasteiger partial charge is 0.360 e. The zero-order chi connectivity index (χ0) is 13.2. The molecule has 2 aliphatic heterocycles. The summed E-state index contributed by atoms with van der Waals surface area (Å²) in [6.45, 7) is 8.86. The van der Waals surface area contributed by atoms with Crippen LogP contribution in [0.3, 0.4) is 0 Å². The van der Waals surface area contributed by atoms with Crippen molar-refractivity contribution in [2.45, 2.75) is 31.8 Å². The summed E-state index contributed by atoms with van der Waals surface area (Å²) in [6, 6.07) is 0.559. The highest BCUT2D eigenvalue weighted by molar-refractivity contribution is 8.13. The van der Waals surface area contributed by atoms with Gasteiger partial charge in [-0.3, -0.25) is 9.89 Å². The van der Waals surface area contributed by atoms with Crippen LogP contribution in [0.25, 0.3) is 0 Å². The number of nitrogens with one attached hydrogen (secondary N) is 1. The molecule has 1 unspecified atom stereocenters. The van der Waals surface area contributed by atoms with E-state index in [1.165, 1.54) is 18.7 Å². The van der Waals surface area contributed by atoms with Crippen molar-refractivity contribution in [3.8, 4) is 0 Å². The van der Waals surface area contributed by atoms with E-state index in [9.17, 15) is 0 Å².